The fraction of sp³-hybridized carbons (Fsp3) is 0.0909. The van der Waals surface area contributed by atoms with E-state index in [0.29, 0.717) is 11.8 Å². The number of rotatable bonds is 5. The Labute approximate surface area is 96.3 Å². The lowest BCUT2D eigenvalue weighted by molar-refractivity contribution is -0.385. The summed E-state index contributed by atoms with van der Waals surface area (Å²) in [5.74, 6) is -0.986. The van der Waals surface area contributed by atoms with E-state index in [-0.39, 0.29) is 17.7 Å². The van der Waals surface area contributed by atoms with Crippen molar-refractivity contribution in [1.29, 1.82) is 0 Å². The molecule has 0 aliphatic heterocycles. The van der Waals surface area contributed by atoms with Crippen molar-refractivity contribution in [3.8, 4) is 0 Å². The zero-order valence-electron chi connectivity index (χ0n) is 8.70. The highest BCUT2D eigenvalue weighted by molar-refractivity contribution is 5.82. The molecule has 1 rings (SSSR count). The summed E-state index contributed by atoms with van der Waals surface area (Å²) >= 11 is 0. The summed E-state index contributed by atoms with van der Waals surface area (Å²) in [5, 5.41) is 19.1. The average molecular weight is 235 g/mol. The molecule has 1 N–H and O–H groups in total. The Balaban J connectivity index is 3.00. The molecule has 0 atom stereocenters. The standard InChI is InChI=1S/C11H9NO5/c13-7-9-5-4-8(2-1-3-11(14)15)6-10(9)12(16)17/h1-2,4-7H,3H2,(H,14,15). The number of aliphatic carboxylic acids is 1. The van der Waals surface area contributed by atoms with Gasteiger partial charge in [0.1, 0.15) is 0 Å². The Kier molecular flexibility index (Phi) is 4.10. The molecule has 0 spiro atoms. The summed E-state index contributed by atoms with van der Waals surface area (Å²) in [4.78, 5) is 30.8. The second-order valence-electron chi connectivity index (χ2n) is 3.19. The van der Waals surface area contributed by atoms with Gasteiger partial charge in [-0.15, -0.1) is 0 Å². The molecule has 6 heteroatoms. The minimum absolute atomic E-state index is 0.00890. The highest BCUT2D eigenvalue weighted by Gasteiger charge is 2.12. The summed E-state index contributed by atoms with van der Waals surface area (Å²) in [7, 11) is 0. The molecule has 0 radical (unpaired) electrons. The second kappa shape index (κ2) is 5.55. The zero-order valence-corrected chi connectivity index (χ0v) is 8.70. The van der Waals surface area contributed by atoms with Crippen molar-refractivity contribution in [3.63, 3.8) is 0 Å². The topological polar surface area (TPSA) is 97.5 Å². The van der Waals surface area contributed by atoms with E-state index >= 15 is 0 Å². The molecule has 0 heterocycles. The van der Waals surface area contributed by atoms with Crippen LogP contribution >= 0.6 is 0 Å². The molecule has 0 aliphatic rings. The Morgan fingerprint density at radius 1 is 1.47 bits per heavy atom. The molecule has 0 amide bonds. The third kappa shape index (κ3) is 3.53. The maximum atomic E-state index is 10.6. The molecule has 88 valence electrons. The van der Waals surface area contributed by atoms with Crippen molar-refractivity contribution in [2.75, 3.05) is 0 Å². The summed E-state index contributed by atoms with van der Waals surface area (Å²) in [5.41, 5.74) is 0.173. The van der Waals surface area contributed by atoms with Gasteiger partial charge in [0.05, 0.1) is 16.9 Å². The number of nitro groups is 1. The van der Waals surface area contributed by atoms with Crippen molar-refractivity contribution < 1.29 is 19.6 Å². The van der Waals surface area contributed by atoms with Crippen LogP contribution in [0.2, 0.25) is 0 Å². The van der Waals surface area contributed by atoms with E-state index in [1.165, 1.54) is 30.4 Å². The minimum atomic E-state index is -0.986. The van der Waals surface area contributed by atoms with E-state index < -0.39 is 10.9 Å². The molecule has 0 bridgehead atoms. The van der Waals surface area contributed by atoms with E-state index in [9.17, 15) is 19.7 Å². The van der Waals surface area contributed by atoms with Gasteiger partial charge in [-0.1, -0.05) is 18.2 Å². The largest absolute Gasteiger partial charge is 0.481 e. The van der Waals surface area contributed by atoms with Crippen LogP contribution in [-0.2, 0) is 4.79 Å². The van der Waals surface area contributed by atoms with Crippen LogP contribution in [0.3, 0.4) is 0 Å². The summed E-state index contributed by atoms with van der Waals surface area (Å²) in [6.07, 6.45) is 3.07. The maximum Gasteiger partial charge on any atom is 0.307 e. The number of hydrogen-bond donors (Lipinski definition) is 1. The van der Waals surface area contributed by atoms with Gasteiger partial charge < -0.3 is 5.11 Å². The quantitative estimate of drug-likeness (QED) is 0.477. The molecule has 0 aliphatic carbocycles. The van der Waals surface area contributed by atoms with Crippen LogP contribution in [0, 0.1) is 10.1 Å². The van der Waals surface area contributed by atoms with Crippen molar-refractivity contribution in [3.05, 3.63) is 45.5 Å². The number of nitro benzene ring substituents is 1. The van der Waals surface area contributed by atoms with Gasteiger partial charge in [0.2, 0.25) is 0 Å². The molecule has 0 fully saturated rings. The maximum absolute atomic E-state index is 10.6. The molecule has 17 heavy (non-hydrogen) atoms. The van der Waals surface area contributed by atoms with E-state index in [0.717, 1.165) is 0 Å². The number of carbonyl (C=O) groups excluding carboxylic acids is 1. The van der Waals surface area contributed by atoms with Crippen molar-refractivity contribution >= 4 is 24.0 Å². The van der Waals surface area contributed by atoms with E-state index in [1.54, 1.807) is 0 Å². The van der Waals surface area contributed by atoms with Gasteiger partial charge in [-0.2, -0.15) is 0 Å². The predicted octanol–water partition coefficient (Wildman–Crippen LogP) is 1.90. The first kappa shape index (κ1) is 12.6. The molecule has 0 aromatic heterocycles. The van der Waals surface area contributed by atoms with E-state index in [1.807, 2.05) is 0 Å². The van der Waals surface area contributed by atoms with Crippen LogP contribution < -0.4 is 0 Å². The lowest BCUT2D eigenvalue weighted by Crippen LogP contribution is -1.94. The number of nitrogens with zero attached hydrogens (tertiary/aromatic N) is 1. The van der Waals surface area contributed by atoms with Gasteiger partial charge in [0.15, 0.2) is 6.29 Å². The van der Waals surface area contributed by atoms with Gasteiger partial charge >= 0.3 is 5.97 Å². The summed E-state index contributed by atoms with van der Waals surface area (Å²) in [6, 6.07) is 4.06. The fourth-order valence-corrected chi connectivity index (χ4v) is 1.22. The molecular weight excluding hydrogens is 226 g/mol. The van der Waals surface area contributed by atoms with Crippen molar-refractivity contribution in [2.24, 2.45) is 0 Å². The van der Waals surface area contributed by atoms with Gasteiger partial charge in [0.25, 0.3) is 5.69 Å². The lowest BCUT2D eigenvalue weighted by atomic mass is 10.1. The third-order valence-electron chi connectivity index (χ3n) is 1.98. The first-order chi connectivity index (χ1) is 8.04. The highest BCUT2D eigenvalue weighted by atomic mass is 16.6. The normalized spacial score (nSPS) is 10.4. The van der Waals surface area contributed by atoms with Gasteiger partial charge in [0, 0.05) is 6.07 Å². The van der Waals surface area contributed by atoms with Crippen molar-refractivity contribution in [2.45, 2.75) is 6.42 Å². The van der Waals surface area contributed by atoms with Gasteiger partial charge in [-0.3, -0.25) is 19.7 Å². The second-order valence-corrected chi connectivity index (χ2v) is 3.19. The minimum Gasteiger partial charge on any atom is -0.481 e. The number of carbonyl (C=O) groups is 2. The molecule has 0 unspecified atom stereocenters. The molecule has 6 nitrogen and oxygen atoms in total. The molecule has 0 saturated heterocycles. The van der Waals surface area contributed by atoms with Gasteiger partial charge in [-0.25, -0.2) is 0 Å². The van der Waals surface area contributed by atoms with Crippen LogP contribution in [0.4, 0.5) is 5.69 Å². The zero-order chi connectivity index (χ0) is 12.8. The SMILES string of the molecule is O=Cc1ccc(C=CCC(=O)O)cc1[N+](=O)[O-]. The predicted molar refractivity (Wildman–Crippen MR) is 59.8 cm³/mol. The number of carboxylic acids is 1. The smallest absolute Gasteiger partial charge is 0.307 e. The fourth-order valence-electron chi connectivity index (χ4n) is 1.22. The van der Waals surface area contributed by atoms with Crippen LogP contribution in [0.5, 0.6) is 0 Å². The van der Waals surface area contributed by atoms with E-state index in [2.05, 4.69) is 0 Å². The highest BCUT2D eigenvalue weighted by Crippen LogP contribution is 2.19. The van der Waals surface area contributed by atoms with Gasteiger partial charge in [-0.05, 0) is 11.6 Å². The van der Waals surface area contributed by atoms with Crippen LogP contribution in [0.15, 0.2) is 24.3 Å². The van der Waals surface area contributed by atoms with Crippen molar-refractivity contribution in [1.82, 2.24) is 0 Å². The Morgan fingerprint density at radius 3 is 2.71 bits per heavy atom. The third-order valence-corrected chi connectivity index (χ3v) is 1.98. The first-order valence-electron chi connectivity index (χ1n) is 4.66. The number of hydrogen-bond acceptors (Lipinski definition) is 4. The summed E-state index contributed by atoms with van der Waals surface area (Å²) in [6.45, 7) is 0. The van der Waals surface area contributed by atoms with Crippen LogP contribution in [0.25, 0.3) is 6.08 Å². The summed E-state index contributed by atoms with van der Waals surface area (Å²) < 4.78 is 0. The number of benzene rings is 1. The Morgan fingerprint density at radius 2 is 2.18 bits per heavy atom. The lowest BCUT2D eigenvalue weighted by Gasteiger charge is -1.97. The number of aldehydes is 1. The van der Waals surface area contributed by atoms with E-state index in [4.69, 9.17) is 5.11 Å². The molecule has 1 aromatic carbocycles. The monoisotopic (exact) mass is 235 g/mol. The molecule has 0 saturated carbocycles. The average Bonchev–Trinajstić information content (AvgIpc) is 2.28. The van der Waals surface area contributed by atoms with Crippen LogP contribution in [0.1, 0.15) is 22.3 Å². The first-order valence-corrected chi connectivity index (χ1v) is 4.66. The Hall–Kier alpha value is -2.50. The molecular formula is C11H9NO5. The number of carboxylic acid groups (broad SMARTS) is 1. The molecule has 1 aromatic rings. The Bertz CT molecular complexity index is 493. The van der Waals surface area contributed by atoms with Crippen LogP contribution in [-0.4, -0.2) is 22.3 Å².